The van der Waals surface area contributed by atoms with Crippen LogP contribution in [0.3, 0.4) is 0 Å². The van der Waals surface area contributed by atoms with Crippen LogP contribution in [0.1, 0.15) is 38.3 Å². The molecule has 0 aliphatic rings. The number of rotatable bonds is 12. The molecule has 220 valence electrons. The molecule has 0 heterocycles. The Morgan fingerprint density at radius 3 is 2.29 bits per heavy atom. The molecule has 0 saturated carbocycles. The lowest BCUT2D eigenvalue weighted by Gasteiger charge is -2.32. The van der Waals surface area contributed by atoms with Gasteiger partial charge in [-0.3, -0.25) is 13.9 Å². The number of hydrogen-bond donors (Lipinski definition) is 1. The number of ether oxygens (including phenoxy) is 1. The molecule has 0 aliphatic heterocycles. The van der Waals surface area contributed by atoms with E-state index in [1.807, 2.05) is 20.8 Å². The third-order valence-corrected chi connectivity index (χ3v) is 9.54. The van der Waals surface area contributed by atoms with Crippen molar-refractivity contribution in [3.05, 3.63) is 87.4 Å². The molecule has 0 aliphatic carbocycles. The normalized spacial score (nSPS) is 12.8. The van der Waals surface area contributed by atoms with Gasteiger partial charge in [0.05, 0.1) is 22.2 Å². The molecule has 2 amide bonds. The molecule has 0 saturated heterocycles. The number of hydrogen-bond acceptors (Lipinski definition) is 5. The Labute approximate surface area is 255 Å². The minimum absolute atomic E-state index is 0.0173. The highest BCUT2D eigenvalue weighted by Crippen LogP contribution is 2.31. The van der Waals surface area contributed by atoms with Crippen LogP contribution < -0.4 is 14.4 Å². The first kappa shape index (κ1) is 32.4. The van der Waals surface area contributed by atoms with Crippen LogP contribution in [-0.4, -0.2) is 50.9 Å². The SMILES string of the molecule is CC[C@H](C)NC(=O)[C@@H](C)N(Cc1ccccc1Cl)C(=O)CN(c1ccc(C)cc1)S(=O)(=O)c1ccc(OC)c(Br)c1. The molecule has 0 aromatic heterocycles. The van der Waals surface area contributed by atoms with E-state index in [0.717, 1.165) is 9.87 Å². The number of benzene rings is 3. The molecule has 11 heteroatoms. The van der Waals surface area contributed by atoms with Crippen molar-refractivity contribution in [2.75, 3.05) is 18.0 Å². The van der Waals surface area contributed by atoms with Gasteiger partial charge in [0.2, 0.25) is 11.8 Å². The number of carbonyl (C=O) groups is 2. The summed E-state index contributed by atoms with van der Waals surface area (Å²) in [6.07, 6.45) is 0.716. The van der Waals surface area contributed by atoms with Crippen molar-refractivity contribution in [3.63, 3.8) is 0 Å². The minimum atomic E-state index is -4.22. The summed E-state index contributed by atoms with van der Waals surface area (Å²) >= 11 is 9.77. The third kappa shape index (κ3) is 8.02. The van der Waals surface area contributed by atoms with E-state index in [-0.39, 0.29) is 23.4 Å². The Morgan fingerprint density at radius 1 is 1.05 bits per heavy atom. The summed E-state index contributed by atoms with van der Waals surface area (Å²) in [5.41, 5.74) is 1.88. The van der Waals surface area contributed by atoms with Crippen molar-refractivity contribution >= 4 is 55.1 Å². The van der Waals surface area contributed by atoms with Crippen molar-refractivity contribution in [1.29, 1.82) is 0 Å². The zero-order chi connectivity index (χ0) is 30.3. The Bertz CT molecular complexity index is 1480. The molecular weight excluding hydrogens is 630 g/mol. The molecule has 2 atom stereocenters. The van der Waals surface area contributed by atoms with Crippen LogP contribution in [0, 0.1) is 6.92 Å². The van der Waals surface area contributed by atoms with Gasteiger partial charge in [0.15, 0.2) is 0 Å². The largest absolute Gasteiger partial charge is 0.496 e. The first-order valence-corrected chi connectivity index (χ1v) is 15.8. The van der Waals surface area contributed by atoms with Crippen molar-refractivity contribution in [2.24, 2.45) is 0 Å². The molecule has 41 heavy (non-hydrogen) atoms. The monoisotopic (exact) mass is 663 g/mol. The average molecular weight is 665 g/mol. The van der Waals surface area contributed by atoms with Crippen LogP contribution in [0.2, 0.25) is 5.02 Å². The standard InChI is InChI=1S/C30H35BrClN3O5S/c1-6-21(3)33-30(37)22(4)34(18-23-9-7-8-10-27(23)32)29(36)19-35(24-13-11-20(2)12-14-24)41(38,39)25-15-16-28(40-5)26(31)17-25/h7-17,21-22H,6,18-19H2,1-5H3,(H,33,37)/t21-,22+/m0/s1. The Morgan fingerprint density at radius 2 is 1.71 bits per heavy atom. The van der Waals surface area contributed by atoms with Crippen LogP contribution >= 0.6 is 27.5 Å². The smallest absolute Gasteiger partial charge is 0.264 e. The molecule has 3 aromatic carbocycles. The Hall–Kier alpha value is -3.08. The fraction of sp³-hybridized carbons (Fsp3) is 0.333. The number of halogens is 2. The third-order valence-electron chi connectivity index (χ3n) is 6.78. The van der Waals surface area contributed by atoms with Crippen molar-refractivity contribution < 1.29 is 22.7 Å². The lowest BCUT2D eigenvalue weighted by molar-refractivity contribution is -0.139. The quantitative estimate of drug-likeness (QED) is 0.258. The minimum Gasteiger partial charge on any atom is -0.496 e. The first-order chi connectivity index (χ1) is 19.4. The van der Waals surface area contributed by atoms with Gasteiger partial charge in [-0.1, -0.05) is 54.4 Å². The van der Waals surface area contributed by atoms with Gasteiger partial charge in [0.25, 0.3) is 10.0 Å². The second kappa shape index (κ2) is 14.2. The summed E-state index contributed by atoms with van der Waals surface area (Å²) in [5, 5.41) is 3.35. The second-order valence-corrected chi connectivity index (χ2v) is 12.9. The van der Waals surface area contributed by atoms with E-state index in [1.165, 1.54) is 30.2 Å². The molecule has 1 N–H and O–H groups in total. The highest BCUT2D eigenvalue weighted by molar-refractivity contribution is 9.10. The van der Waals surface area contributed by atoms with E-state index < -0.39 is 28.5 Å². The van der Waals surface area contributed by atoms with Gasteiger partial charge in [-0.2, -0.15) is 0 Å². The molecule has 0 bridgehead atoms. The van der Waals surface area contributed by atoms with Crippen molar-refractivity contribution in [2.45, 2.75) is 57.6 Å². The first-order valence-electron chi connectivity index (χ1n) is 13.1. The van der Waals surface area contributed by atoms with E-state index in [1.54, 1.807) is 55.5 Å². The van der Waals surface area contributed by atoms with Crippen LogP contribution in [0.15, 0.2) is 76.1 Å². The molecular formula is C30H35BrClN3O5S. The number of methoxy groups -OCH3 is 1. The predicted molar refractivity (Wildman–Crippen MR) is 166 cm³/mol. The van der Waals surface area contributed by atoms with Gasteiger partial charge in [0.1, 0.15) is 18.3 Å². The van der Waals surface area contributed by atoms with Crippen LogP contribution in [0.4, 0.5) is 5.69 Å². The number of anilines is 1. The summed E-state index contributed by atoms with van der Waals surface area (Å²) in [7, 11) is -2.74. The average Bonchev–Trinajstić information content (AvgIpc) is 2.95. The number of nitrogens with zero attached hydrogens (tertiary/aromatic N) is 2. The van der Waals surface area contributed by atoms with Gasteiger partial charge < -0.3 is 15.0 Å². The summed E-state index contributed by atoms with van der Waals surface area (Å²) in [5.74, 6) is -0.439. The van der Waals surface area contributed by atoms with Crippen LogP contribution in [0.25, 0.3) is 0 Å². The summed E-state index contributed by atoms with van der Waals surface area (Å²) in [6, 6.07) is 17.3. The number of amides is 2. The zero-order valence-corrected chi connectivity index (χ0v) is 26.9. The summed E-state index contributed by atoms with van der Waals surface area (Å²) < 4.78 is 34.8. The summed E-state index contributed by atoms with van der Waals surface area (Å²) in [4.78, 5) is 28.5. The van der Waals surface area contributed by atoms with Crippen LogP contribution in [0.5, 0.6) is 5.75 Å². The maximum atomic E-state index is 14.0. The van der Waals surface area contributed by atoms with E-state index in [4.69, 9.17) is 16.3 Å². The van der Waals surface area contributed by atoms with E-state index in [2.05, 4.69) is 21.2 Å². The van der Waals surface area contributed by atoms with Crippen LogP contribution in [-0.2, 0) is 26.2 Å². The maximum absolute atomic E-state index is 14.0. The number of aryl methyl sites for hydroxylation is 1. The predicted octanol–water partition coefficient (Wildman–Crippen LogP) is 5.95. The lowest BCUT2D eigenvalue weighted by Crippen LogP contribution is -2.52. The molecule has 0 fully saturated rings. The van der Waals surface area contributed by atoms with E-state index >= 15 is 0 Å². The summed E-state index contributed by atoms with van der Waals surface area (Å²) in [6.45, 7) is 6.81. The number of carbonyl (C=O) groups excluding carboxylic acids is 2. The van der Waals surface area contributed by atoms with Crippen molar-refractivity contribution in [1.82, 2.24) is 10.2 Å². The maximum Gasteiger partial charge on any atom is 0.264 e. The lowest BCUT2D eigenvalue weighted by atomic mass is 10.1. The van der Waals surface area contributed by atoms with E-state index in [9.17, 15) is 18.0 Å². The Kier molecular flexibility index (Phi) is 11.2. The zero-order valence-electron chi connectivity index (χ0n) is 23.7. The number of sulfonamides is 1. The highest BCUT2D eigenvalue weighted by atomic mass is 79.9. The topological polar surface area (TPSA) is 96.0 Å². The highest BCUT2D eigenvalue weighted by Gasteiger charge is 2.33. The van der Waals surface area contributed by atoms with E-state index in [0.29, 0.717) is 32.9 Å². The van der Waals surface area contributed by atoms with Gasteiger partial charge in [-0.05, 0) is 85.1 Å². The Balaban J connectivity index is 2.06. The fourth-order valence-electron chi connectivity index (χ4n) is 4.03. The second-order valence-electron chi connectivity index (χ2n) is 9.75. The van der Waals surface area contributed by atoms with Crippen molar-refractivity contribution in [3.8, 4) is 5.75 Å². The van der Waals surface area contributed by atoms with Gasteiger partial charge in [-0.25, -0.2) is 8.42 Å². The molecule has 3 rings (SSSR count). The molecule has 0 radical (unpaired) electrons. The molecule has 8 nitrogen and oxygen atoms in total. The van der Waals surface area contributed by atoms with Gasteiger partial charge in [0, 0.05) is 17.6 Å². The fourth-order valence-corrected chi connectivity index (χ4v) is 6.36. The van der Waals surface area contributed by atoms with Gasteiger partial charge >= 0.3 is 0 Å². The van der Waals surface area contributed by atoms with Gasteiger partial charge in [-0.15, -0.1) is 0 Å². The number of nitrogens with one attached hydrogen (secondary N) is 1. The molecule has 0 spiro atoms. The molecule has 3 aromatic rings. The molecule has 0 unspecified atom stereocenters.